The fraction of sp³-hybridized carbons (Fsp3) is 0.0968. The molecule has 9 nitrogen and oxygen atoms in total. The highest BCUT2D eigenvalue weighted by Crippen LogP contribution is 2.51. The molecule has 9 heteroatoms. The summed E-state index contributed by atoms with van der Waals surface area (Å²) in [6.07, 6.45) is 4.25. The quantitative estimate of drug-likeness (QED) is 0.128. The van der Waals surface area contributed by atoms with Crippen LogP contribution >= 0.6 is 0 Å². The number of nitriles is 1. The number of nitrogens with zero attached hydrogens (tertiary/aromatic N) is 9. The summed E-state index contributed by atoms with van der Waals surface area (Å²) in [5.41, 5.74) is 12.1. The van der Waals surface area contributed by atoms with Gasteiger partial charge in [0.15, 0.2) is 0 Å². The fourth-order valence-electron chi connectivity index (χ4n) is 11.7. The fourth-order valence-corrected chi connectivity index (χ4v) is 11.7. The summed E-state index contributed by atoms with van der Waals surface area (Å²) >= 11 is 0. The SMILES string of the molecule is CCCCCCn1nnc(-c2c(-n3c4ccccc4c4ccccc43)c(C#N)c(-n3c4ccccc4c4ccccc43)c(-n3c4ccccc4c4ccccc43)c2-n2c3ccccc3c3ccccc32)n1. The van der Waals surface area contributed by atoms with Gasteiger partial charge in [0.05, 0.1) is 79.0 Å². The molecule has 9 aromatic carbocycles. The van der Waals surface area contributed by atoms with Gasteiger partial charge in [-0.15, -0.1) is 10.2 Å². The van der Waals surface area contributed by atoms with Crippen LogP contribution in [-0.2, 0) is 6.54 Å². The molecule has 0 aliphatic carbocycles. The zero-order chi connectivity index (χ0) is 47.2. The third-order valence-electron chi connectivity index (χ3n) is 14.6. The molecule has 0 saturated heterocycles. The summed E-state index contributed by atoms with van der Waals surface area (Å²) in [6, 6.07) is 71.8. The largest absolute Gasteiger partial charge is 0.307 e. The Hall–Kier alpha value is -9.26. The molecule has 0 spiro atoms. The Morgan fingerprint density at radius 2 is 0.704 bits per heavy atom. The van der Waals surface area contributed by atoms with Crippen LogP contribution in [-0.4, -0.2) is 38.5 Å². The van der Waals surface area contributed by atoms with Crippen molar-refractivity contribution < 1.29 is 0 Å². The van der Waals surface area contributed by atoms with E-state index in [0.29, 0.717) is 29.2 Å². The summed E-state index contributed by atoms with van der Waals surface area (Å²) in [6.45, 7) is 2.84. The summed E-state index contributed by atoms with van der Waals surface area (Å²) < 4.78 is 9.46. The van der Waals surface area contributed by atoms with Crippen LogP contribution in [0.25, 0.3) is 121 Å². The maximum atomic E-state index is 12.6. The van der Waals surface area contributed by atoms with Crippen molar-refractivity contribution in [3.8, 4) is 40.2 Å². The number of aryl methyl sites for hydroxylation is 1. The van der Waals surface area contributed by atoms with E-state index in [1.165, 1.54) is 0 Å². The number of aromatic nitrogens is 8. The molecular formula is C62H45N9. The number of para-hydroxylation sites is 8. The number of hydrogen-bond donors (Lipinski definition) is 0. The molecule has 0 amide bonds. The first kappa shape index (κ1) is 40.8. The smallest absolute Gasteiger partial charge is 0.209 e. The summed E-state index contributed by atoms with van der Waals surface area (Å²) in [7, 11) is 0. The predicted octanol–water partition coefficient (Wildman–Crippen LogP) is 15.2. The first-order chi connectivity index (χ1) is 35.2. The number of benzene rings is 9. The van der Waals surface area contributed by atoms with Gasteiger partial charge in [-0.05, 0) is 60.2 Å². The van der Waals surface area contributed by atoms with E-state index in [0.717, 1.165) is 130 Å². The Bertz CT molecular complexity index is 4280. The van der Waals surface area contributed by atoms with Crippen molar-refractivity contribution in [2.45, 2.75) is 39.2 Å². The minimum absolute atomic E-state index is 0.432. The molecule has 0 saturated carbocycles. The molecule has 338 valence electrons. The number of tetrazole rings is 1. The van der Waals surface area contributed by atoms with Gasteiger partial charge in [-0.3, -0.25) is 0 Å². The zero-order valence-electron chi connectivity index (χ0n) is 39.0. The first-order valence-electron chi connectivity index (χ1n) is 24.6. The van der Waals surface area contributed by atoms with Crippen molar-refractivity contribution in [2.75, 3.05) is 0 Å². The molecular weight excluding hydrogens is 871 g/mol. The lowest BCUT2D eigenvalue weighted by atomic mass is 9.97. The minimum atomic E-state index is 0.432. The van der Waals surface area contributed by atoms with Crippen LogP contribution in [0, 0.1) is 11.3 Å². The molecule has 71 heavy (non-hydrogen) atoms. The van der Waals surface area contributed by atoms with Gasteiger partial charge in [-0.25, -0.2) is 0 Å². The second-order valence-electron chi connectivity index (χ2n) is 18.5. The second-order valence-corrected chi connectivity index (χ2v) is 18.5. The molecule has 0 unspecified atom stereocenters. The highest BCUT2D eigenvalue weighted by atomic mass is 15.6. The average molecular weight is 916 g/mol. The molecule has 0 N–H and O–H groups in total. The van der Waals surface area contributed by atoms with Crippen LogP contribution in [0.1, 0.15) is 38.2 Å². The Morgan fingerprint density at radius 3 is 1.06 bits per heavy atom. The van der Waals surface area contributed by atoms with E-state index in [1.807, 2.05) is 0 Å². The zero-order valence-corrected chi connectivity index (χ0v) is 39.0. The van der Waals surface area contributed by atoms with Gasteiger partial charge in [-0.2, -0.15) is 10.1 Å². The molecule has 0 bridgehead atoms. The van der Waals surface area contributed by atoms with Crippen LogP contribution in [0.15, 0.2) is 194 Å². The number of unbranched alkanes of at least 4 members (excludes halogenated alkanes) is 3. The van der Waals surface area contributed by atoms with Gasteiger partial charge < -0.3 is 18.3 Å². The summed E-state index contributed by atoms with van der Waals surface area (Å²) in [5.74, 6) is 0.432. The lowest BCUT2D eigenvalue weighted by Gasteiger charge is -2.28. The summed E-state index contributed by atoms with van der Waals surface area (Å²) in [5, 5.41) is 36.7. The van der Waals surface area contributed by atoms with Gasteiger partial charge in [-0.1, -0.05) is 172 Å². The van der Waals surface area contributed by atoms with Crippen molar-refractivity contribution in [2.24, 2.45) is 0 Å². The molecule has 5 aromatic heterocycles. The highest BCUT2D eigenvalue weighted by molar-refractivity contribution is 6.16. The Kier molecular flexibility index (Phi) is 9.29. The van der Waals surface area contributed by atoms with Crippen LogP contribution in [0.4, 0.5) is 0 Å². The normalized spacial score (nSPS) is 12.0. The predicted molar refractivity (Wildman–Crippen MR) is 289 cm³/mol. The minimum Gasteiger partial charge on any atom is -0.307 e. The third-order valence-corrected chi connectivity index (χ3v) is 14.6. The van der Waals surface area contributed by atoms with E-state index < -0.39 is 0 Å². The Balaban J connectivity index is 1.32. The monoisotopic (exact) mass is 915 g/mol. The van der Waals surface area contributed by atoms with E-state index in [1.54, 1.807) is 4.80 Å². The van der Waals surface area contributed by atoms with Crippen LogP contribution < -0.4 is 0 Å². The van der Waals surface area contributed by atoms with Crippen LogP contribution in [0.5, 0.6) is 0 Å². The Labute approximate surface area is 408 Å². The third kappa shape index (κ3) is 5.95. The average Bonchev–Trinajstić information content (AvgIpc) is 4.25. The Morgan fingerprint density at radius 1 is 0.380 bits per heavy atom. The maximum absolute atomic E-state index is 12.6. The van der Waals surface area contributed by atoms with E-state index in [-0.39, 0.29) is 0 Å². The topological polar surface area (TPSA) is 87.1 Å². The van der Waals surface area contributed by atoms with Gasteiger partial charge in [0, 0.05) is 43.1 Å². The molecule has 5 heterocycles. The molecule has 0 atom stereocenters. The van der Waals surface area contributed by atoms with Crippen LogP contribution in [0.3, 0.4) is 0 Å². The van der Waals surface area contributed by atoms with Gasteiger partial charge in [0.2, 0.25) is 5.82 Å². The van der Waals surface area contributed by atoms with Crippen molar-refractivity contribution in [1.29, 1.82) is 5.26 Å². The van der Waals surface area contributed by atoms with Crippen LogP contribution in [0.2, 0.25) is 0 Å². The number of fused-ring (bicyclic) bond motifs is 12. The molecule has 0 aliphatic rings. The van der Waals surface area contributed by atoms with E-state index in [9.17, 15) is 5.26 Å². The first-order valence-corrected chi connectivity index (χ1v) is 24.6. The maximum Gasteiger partial charge on any atom is 0.209 e. The number of hydrogen-bond acceptors (Lipinski definition) is 4. The van der Waals surface area contributed by atoms with E-state index >= 15 is 0 Å². The standard InChI is InChI=1S/C62H45N9/c1-2-3-4-21-38-67-65-62(64-66-67)57-58(68-49-30-13-5-22-40(49)41-23-6-14-31-50(41)68)48(39-63)59(69-51-32-15-7-24-42(51)43-25-8-16-33-52(43)69)61(71-55-36-19-11-28-46(55)47-29-12-20-37-56(47)71)60(57)70-53-34-17-9-26-44(53)45-27-10-18-35-54(45)70/h5-20,22-37H,2-4,21,38H2,1H3. The molecule has 14 rings (SSSR count). The lowest BCUT2D eigenvalue weighted by Crippen LogP contribution is -2.17. The van der Waals surface area contributed by atoms with Gasteiger partial charge >= 0.3 is 0 Å². The lowest BCUT2D eigenvalue weighted by molar-refractivity contribution is 0.480. The summed E-state index contributed by atoms with van der Waals surface area (Å²) in [4.78, 5) is 1.75. The molecule has 0 fully saturated rings. The molecule has 0 aliphatic heterocycles. The van der Waals surface area contributed by atoms with Gasteiger partial charge in [0.25, 0.3) is 0 Å². The second kappa shape index (κ2) is 16.2. The van der Waals surface area contributed by atoms with Crippen molar-refractivity contribution in [1.82, 2.24) is 38.5 Å². The van der Waals surface area contributed by atoms with Gasteiger partial charge in [0.1, 0.15) is 11.6 Å². The number of rotatable bonds is 10. The van der Waals surface area contributed by atoms with Crippen molar-refractivity contribution in [3.05, 3.63) is 200 Å². The van der Waals surface area contributed by atoms with E-state index in [4.69, 9.17) is 15.4 Å². The van der Waals surface area contributed by atoms with Crippen molar-refractivity contribution >= 4 is 87.2 Å². The molecule has 14 aromatic rings. The van der Waals surface area contributed by atoms with Crippen molar-refractivity contribution in [3.63, 3.8) is 0 Å². The molecule has 0 radical (unpaired) electrons. The van der Waals surface area contributed by atoms with E-state index in [2.05, 4.69) is 225 Å². The highest BCUT2D eigenvalue weighted by Gasteiger charge is 2.36.